The lowest BCUT2D eigenvalue weighted by Crippen LogP contribution is -2.27. The van der Waals surface area contributed by atoms with E-state index in [-0.39, 0.29) is 36.4 Å². The molecule has 0 bridgehead atoms. The normalized spacial score (nSPS) is 12.5. The lowest BCUT2D eigenvalue weighted by molar-refractivity contribution is -0.121. The summed E-state index contributed by atoms with van der Waals surface area (Å²) < 4.78 is 12.0. The molecule has 0 spiro atoms. The number of fused-ring (bicyclic) bond motifs is 2. The van der Waals surface area contributed by atoms with Crippen LogP contribution in [-0.4, -0.2) is 32.2 Å². The number of carbonyl (C=O) groups is 1. The Kier molecular flexibility index (Phi) is 3.49. The zero-order chi connectivity index (χ0) is 17.4. The van der Waals surface area contributed by atoms with Gasteiger partial charge in [-0.25, -0.2) is 4.98 Å². The van der Waals surface area contributed by atoms with Crippen LogP contribution in [0.5, 0.6) is 11.5 Å². The fourth-order valence-electron chi connectivity index (χ4n) is 2.55. The van der Waals surface area contributed by atoms with Gasteiger partial charge in [0.1, 0.15) is 6.54 Å². The molecule has 0 unspecified atom stereocenters. The third kappa shape index (κ3) is 2.84. The van der Waals surface area contributed by atoms with Gasteiger partial charge >= 0.3 is 0 Å². The minimum absolute atomic E-state index is 0.0278. The van der Waals surface area contributed by atoms with Gasteiger partial charge < -0.3 is 25.1 Å². The van der Waals surface area contributed by atoms with E-state index in [4.69, 9.17) is 15.2 Å². The Labute approximate surface area is 140 Å². The summed E-state index contributed by atoms with van der Waals surface area (Å²) in [6, 6.07) is 5.46. The molecule has 1 aliphatic rings. The average Bonchev–Trinajstić information content (AvgIpc) is 3.20. The average molecular weight is 342 g/mol. The number of nitrogens with zero attached hydrogens (tertiary/aromatic N) is 3. The molecule has 10 heteroatoms. The molecule has 3 heterocycles. The first-order valence-corrected chi connectivity index (χ1v) is 7.46. The van der Waals surface area contributed by atoms with Gasteiger partial charge in [0.25, 0.3) is 5.56 Å². The van der Waals surface area contributed by atoms with Crippen LogP contribution in [0.4, 0.5) is 5.95 Å². The predicted octanol–water partition coefficient (Wildman–Crippen LogP) is -0.253. The minimum atomic E-state index is -0.443. The molecular formula is C15H14N6O4. The molecular weight excluding hydrogens is 328 g/mol. The number of H-pyrrole nitrogens is 1. The zero-order valence-corrected chi connectivity index (χ0v) is 13.0. The van der Waals surface area contributed by atoms with Gasteiger partial charge in [-0.3, -0.25) is 14.6 Å². The Bertz CT molecular complexity index is 1020. The second kappa shape index (κ2) is 5.82. The van der Waals surface area contributed by atoms with Crippen LogP contribution in [0.15, 0.2) is 29.3 Å². The Hall–Kier alpha value is -3.56. The maximum atomic E-state index is 12.2. The fourth-order valence-corrected chi connectivity index (χ4v) is 2.55. The van der Waals surface area contributed by atoms with E-state index in [2.05, 4.69) is 20.3 Å². The Balaban J connectivity index is 1.45. The van der Waals surface area contributed by atoms with Crippen molar-refractivity contribution in [1.29, 1.82) is 0 Å². The molecule has 0 saturated carbocycles. The second-order valence-corrected chi connectivity index (χ2v) is 5.46. The molecule has 0 radical (unpaired) electrons. The van der Waals surface area contributed by atoms with Crippen LogP contribution in [0.2, 0.25) is 0 Å². The zero-order valence-electron chi connectivity index (χ0n) is 13.0. The van der Waals surface area contributed by atoms with Gasteiger partial charge in [-0.2, -0.15) is 4.98 Å². The number of aromatic nitrogens is 4. The number of benzene rings is 1. The van der Waals surface area contributed by atoms with Gasteiger partial charge in [0.05, 0.1) is 6.33 Å². The number of imidazole rings is 1. The van der Waals surface area contributed by atoms with Crippen molar-refractivity contribution in [3.8, 4) is 11.5 Å². The number of nitrogen functional groups attached to an aromatic ring is 1. The number of anilines is 1. The number of ether oxygens (including phenoxy) is 2. The largest absolute Gasteiger partial charge is 0.454 e. The van der Waals surface area contributed by atoms with Crippen molar-refractivity contribution in [2.75, 3.05) is 12.5 Å². The minimum Gasteiger partial charge on any atom is -0.454 e. The third-order valence-corrected chi connectivity index (χ3v) is 3.73. The molecule has 1 aromatic carbocycles. The number of aromatic amines is 1. The lowest BCUT2D eigenvalue weighted by Gasteiger charge is -2.07. The Morgan fingerprint density at radius 3 is 3.08 bits per heavy atom. The lowest BCUT2D eigenvalue weighted by atomic mass is 10.2. The first-order chi connectivity index (χ1) is 12.1. The van der Waals surface area contributed by atoms with Gasteiger partial charge in [-0.05, 0) is 17.7 Å². The first kappa shape index (κ1) is 15.0. The SMILES string of the molecule is Nc1nc2c(ncn2CC(=O)NCc2ccc3c(c2)OCO3)c(=O)[nH]1. The van der Waals surface area contributed by atoms with Gasteiger partial charge in [-0.1, -0.05) is 6.07 Å². The number of rotatable bonds is 4. The molecule has 10 nitrogen and oxygen atoms in total. The molecule has 1 amide bonds. The van der Waals surface area contributed by atoms with Gasteiger partial charge in [0.15, 0.2) is 22.7 Å². The van der Waals surface area contributed by atoms with Crippen LogP contribution in [0.1, 0.15) is 5.56 Å². The van der Waals surface area contributed by atoms with E-state index in [1.165, 1.54) is 10.9 Å². The van der Waals surface area contributed by atoms with Crippen molar-refractivity contribution in [3.63, 3.8) is 0 Å². The van der Waals surface area contributed by atoms with Crippen LogP contribution < -0.4 is 26.1 Å². The Morgan fingerprint density at radius 2 is 2.20 bits per heavy atom. The Morgan fingerprint density at radius 1 is 1.36 bits per heavy atom. The summed E-state index contributed by atoms with van der Waals surface area (Å²) in [5, 5.41) is 2.79. The molecule has 0 saturated heterocycles. The van der Waals surface area contributed by atoms with Crippen LogP contribution in [0.25, 0.3) is 11.2 Å². The number of hydrogen-bond acceptors (Lipinski definition) is 7. The summed E-state index contributed by atoms with van der Waals surface area (Å²) in [5.74, 6) is 1.07. The van der Waals surface area contributed by atoms with Crippen LogP contribution in [-0.2, 0) is 17.9 Å². The third-order valence-electron chi connectivity index (χ3n) is 3.73. The number of nitrogens with one attached hydrogen (secondary N) is 2. The van der Waals surface area contributed by atoms with E-state index < -0.39 is 5.56 Å². The van der Waals surface area contributed by atoms with E-state index in [0.29, 0.717) is 18.0 Å². The van der Waals surface area contributed by atoms with Gasteiger partial charge in [-0.15, -0.1) is 0 Å². The summed E-state index contributed by atoms with van der Waals surface area (Å²) >= 11 is 0. The maximum Gasteiger partial charge on any atom is 0.280 e. The van der Waals surface area contributed by atoms with Gasteiger partial charge in [0, 0.05) is 6.54 Å². The summed E-state index contributed by atoms with van der Waals surface area (Å²) in [6.07, 6.45) is 1.38. The molecule has 3 aromatic rings. The fraction of sp³-hybridized carbons (Fsp3) is 0.200. The van der Waals surface area contributed by atoms with Crippen molar-refractivity contribution in [2.45, 2.75) is 13.1 Å². The molecule has 4 N–H and O–H groups in total. The van der Waals surface area contributed by atoms with E-state index in [1.54, 1.807) is 6.07 Å². The molecule has 4 rings (SSSR count). The maximum absolute atomic E-state index is 12.2. The summed E-state index contributed by atoms with van der Waals surface area (Å²) in [7, 11) is 0. The molecule has 128 valence electrons. The standard InChI is InChI=1S/C15H14N6O4/c16-15-19-13-12(14(23)20-15)18-6-21(13)5-11(22)17-4-8-1-2-9-10(3-8)25-7-24-9/h1-3,6H,4-5,7H2,(H,17,22)(H3,16,19,20,23). The summed E-state index contributed by atoms with van der Waals surface area (Å²) in [4.78, 5) is 34.2. The van der Waals surface area contributed by atoms with Crippen LogP contribution in [0.3, 0.4) is 0 Å². The number of nitrogens with two attached hydrogens (primary N) is 1. The summed E-state index contributed by atoms with van der Waals surface area (Å²) in [5.41, 5.74) is 6.37. The number of carbonyl (C=O) groups excluding carboxylic acids is 1. The highest BCUT2D eigenvalue weighted by molar-refractivity contribution is 5.78. The van der Waals surface area contributed by atoms with E-state index in [9.17, 15) is 9.59 Å². The van der Waals surface area contributed by atoms with Crippen LogP contribution in [0, 0.1) is 0 Å². The highest BCUT2D eigenvalue weighted by Crippen LogP contribution is 2.32. The quantitative estimate of drug-likeness (QED) is 0.594. The highest BCUT2D eigenvalue weighted by Gasteiger charge is 2.14. The number of amides is 1. The van der Waals surface area contributed by atoms with E-state index in [1.807, 2.05) is 12.1 Å². The molecule has 25 heavy (non-hydrogen) atoms. The van der Waals surface area contributed by atoms with Crippen molar-refractivity contribution in [1.82, 2.24) is 24.8 Å². The molecule has 2 aromatic heterocycles. The van der Waals surface area contributed by atoms with Crippen molar-refractivity contribution in [2.24, 2.45) is 0 Å². The topological polar surface area (TPSA) is 137 Å². The predicted molar refractivity (Wildman–Crippen MR) is 87.0 cm³/mol. The molecule has 0 aliphatic carbocycles. The monoisotopic (exact) mass is 342 g/mol. The number of hydrogen-bond donors (Lipinski definition) is 3. The van der Waals surface area contributed by atoms with E-state index >= 15 is 0 Å². The smallest absolute Gasteiger partial charge is 0.280 e. The molecule has 1 aliphatic heterocycles. The van der Waals surface area contributed by atoms with Gasteiger partial charge in [0.2, 0.25) is 18.6 Å². The first-order valence-electron chi connectivity index (χ1n) is 7.46. The van der Waals surface area contributed by atoms with Crippen molar-refractivity contribution >= 4 is 23.0 Å². The molecule has 0 fully saturated rings. The second-order valence-electron chi connectivity index (χ2n) is 5.46. The van der Waals surface area contributed by atoms with Crippen molar-refractivity contribution < 1.29 is 14.3 Å². The molecule has 0 atom stereocenters. The van der Waals surface area contributed by atoms with Crippen molar-refractivity contribution in [3.05, 3.63) is 40.4 Å². The summed E-state index contributed by atoms with van der Waals surface area (Å²) in [6.45, 7) is 0.503. The van der Waals surface area contributed by atoms with Crippen LogP contribution >= 0.6 is 0 Å². The van der Waals surface area contributed by atoms with E-state index in [0.717, 1.165) is 5.56 Å². The highest BCUT2D eigenvalue weighted by atomic mass is 16.7.